The zero-order valence-corrected chi connectivity index (χ0v) is 16.2. The van der Waals surface area contributed by atoms with Crippen LogP contribution >= 0.6 is 0 Å². The molecule has 0 unspecified atom stereocenters. The summed E-state index contributed by atoms with van der Waals surface area (Å²) in [5.41, 5.74) is -0.893. The molecule has 2 fully saturated rings. The van der Waals surface area contributed by atoms with Gasteiger partial charge in [-0.2, -0.15) is 17.5 Å². The molecular weight excluding hydrogens is 395 g/mol. The first-order chi connectivity index (χ1) is 13.2. The van der Waals surface area contributed by atoms with Gasteiger partial charge in [-0.1, -0.05) is 19.3 Å². The topological polar surface area (TPSA) is 69.7 Å². The van der Waals surface area contributed by atoms with E-state index >= 15 is 0 Å². The standard InChI is InChI=1S/C18H24F3N3O3S/c19-18(20,21)14-6-8-16(9-7-14)28(26,27)24-12-10-23(11-13-24)17(25)22-15-4-2-1-3-5-15/h6-9,15H,1-5,10-13H2,(H,22,25). The minimum absolute atomic E-state index is 0.113. The Balaban J connectivity index is 1.58. The van der Waals surface area contributed by atoms with Crippen molar-refractivity contribution in [1.82, 2.24) is 14.5 Å². The van der Waals surface area contributed by atoms with Crippen LogP contribution in [0.25, 0.3) is 0 Å². The summed E-state index contributed by atoms with van der Waals surface area (Å²) in [5.74, 6) is 0. The molecule has 0 spiro atoms. The molecule has 1 aliphatic heterocycles. The van der Waals surface area contributed by atoms with Gasteiger partial charge in [0.05, 0.1) is 10.5 Å². The molecule has 1 aromatic rings. The number of carbonyl (C=O) groups excluding carboxylic acids is 1. The van der Waals surface area contributed by atoms with E-state index in [1.54, 1.807) is 4.90 Å². The van der Waals surface area contributed by atoms with E-state index in [1.165, 1.54) is 10.7 Å². The van der Waals surface area contributed by atoms with Crippen LogP contribution in [0.3, 0.4) is 0 Å². The Labute approximate surface area is 162 Å². The summed E-state index contributed by atoms with van der Waals surface area (Å²) in [5, 5.41) is 3.01. The number of amides is 2. The predicted molar refractivity (Wildman–Crippen MR) is 97.2 cm³/mol. The van der Waals surface area contributed by atoms with Gasteiger partial charge in [-0.25, -0.2) is 13.2 Å². The SMILES string of the molecule is O=C(NC1CCCCC1)N1CCN(S(=O)(=O)c2ccc(C(F)(F)F)cc2)CC1. The summed E-state index contributed by atoms with van der Waals surface area (Å²) in [4.78, 5) is 13.8. The van der Waals surface area contributed by atoms with Crippen LogP contribution in [0.4, 0.5) is 18.0 Å². The molecule has 28 heavy (non-hydrogen) atoms. The Kier molecular flexibility index (Phi) is 6.18. The van der Waals surface area contributed by atoms with Crippen LogP contribution in [-0.4, -0.2) is 55.9 Å². The van der Waals surface area contributed by atoms with Crippen molar-refractivity contribution in [3.05, 3.63) is 29.8 Å². The number of hydrogen-bond donors (Lipinski definition) is 1. The molecule has 1 saturated carbocycles. The summed E-state index contributed by atoms with van der Waals surface area (Å²) in [6.45, 7) is 0.722. The Morgan fingerprint density at radius 1 is 0.964 bits per heavy atom. The molecule has 1 N–H and O–H groups in total. The van der Waals surface area contributed by atoms with Gasteiger partial charge in [0, 0.05) is 32.2 Å². The van der Waals surface area contributed by atoms with Gasteiger partial charge in [0.2, 0.25) is 10.0 Å². The molecule has 0 aromatic heterocycles. The second-order valence-corrected chi connectivity index (χ2v) is 9.14. The van der Waals surface area contributed by atoms with Gasteiger partial charge in [-0.3, -0.25) is 0 Å². The monoisotopic (exact) mass is 419 g/mol. The lowest BCUT2D eigenvalue weighted by atomic mass is 9.96. The predicted octanol–water partition coefficient (Wildman–Crippen LogP) is 3.05. The molecule has 2 aliphatic rings. The highest BCUT2D eigenvalue weighted by Crippen LogP contribution is 2.30. The van der Waals surface area contributed by atoms with Crippen LogP contribution in [0.2, 0.25) is 0 Å². The molecule has 2 amide bonds. The van der Waals surface area contributed by atoms with Gasteiger partial charge in [0.25, 0.3) is 0 Å². The summed E-state index contributed by atoms with van der Waals surface area (Å²) >= 11 is 0. The normalized spacial score (nSPS) is 20.2. The summed E-state index contributed by atoms with van der Waals surface area (Å²) in [6.07, 6.45) is 0.808. The number of piperazine rings is 1. The molecule has 1 heterocycles. The molecule has 3 rings (SSSR count). The fourth-order valence-electron chi connectivity index (χ4n) is 3.61. The van der Waals surface area contributed by atoms with Crippen LogP contribution in [0.1, 0.15) is 37.7 Å². The van der Waals surface area contributed by atoms with Gasteiger partial charge < -0.3 is 10.2 Å². The molecule has 1 aromatic carbocycles. The van der Waals surface area contributed by atoms with Crippen molar-refractivity contribution in [1.29, 1.82) is 0 Å². The van der Waals surface area contributed by atoms with Crippen molar-refractivity contribution >= 4 is 16.1 Å². The van der Waals surface area contributed by atoms with Gasteiger partial charge in [-0.15, -0.1) is 0 Å². The van der Waals surface area contributed by atoms with Gasteiger partial charge in [0.15, 0.2) is 0 Å². The number of rotatable bonds is 3. The van der Waals surface area contributed by atoms with E-state index in [0.29, 0.717) is 0 Å². The quantitative estimate of drug-likeness (QED) is 0.819. The first-order valence-electron chi connectivity index (χ1n) is 9.41. The van der Waals surface area contributed by atoms with Crippen LogP contribution in [0, 0.1) is 0 Å². The number of sulfonamides is 1. The molecular formula is C18H24F3N3O3S. The number of halogens is 3. The van der Waals surface area contributed by atoms with Crippen molar-refractivity contribution < 1.29 is 26.4 Å². The molecule has 1 saturated heterocycles. The Hall–Kier alpha value is -1.81. The van der Waals surface area contributed by atoms with E-state index in [1.807, 2.05) is 0 Å². The van der Waals surface area contributed by atoms with Gasteiger partial charge in [-0.05, 0) is 37.1 Å². The van der Waals surface area contributed by atoms with E-state index < -0.39 is 21.8 Å². The highest BCUT2D eigenvalue weighted by Gasteiger charge is 2.33. The second kappa shape index (κ2) is 8.28. The molecule has 6 nitrogen and oxygen atoms in total. The lowest BCUT2D eigenvalue weighted by Crippen LogP contribution is -2.54. The van der Waals surface area contributed by atoms with Crippen molar-refractivity contribution in [3.8, 4) is 0 Å². The summed E-state index contributed by atoms with van der Waals surface area (Å²) < 4.78 is 64.5. The van der Waals surface area contributed by atoms with Crippen LogP contribution < -0.4 is 5.32 Å². The first-order valence-corrected chi connectivity index (χ1v) is 10.8. The fraction of sp³-hybridized carbons (Fsp3) is 0.611. The third-order valence-electron chi connectivity index (χ3n) is 5.28. The highest BCUT2D eigenvalue weighted by atomic mass is 32.2. The summed E-state index contributed by atoms with van der Waals surface area (Å²) in [7, 11) is -3.89. The summed E-state index contributed by atoms with van der Waals surface area (Å²) in [6, 6.07) is 3.47. The first kappa shape index (κ1) is 20.9. The number of nitrogens with one attached hydrogen (secondary N) is 1. The average molecular weight is 419 g/mol. The number of nitrogens with zero attached hydrogens (tertiary/aromatic N) is 2. The maximum absolute atomic E-state index is 12.7. The zero-order valence-electron chi connectivity index (χ0n) is 15.4. The third kappa shape index (κ3) is 4.78. The van der Waals surface area contributed by atoms with Crippen LogP contribution in [0.15, 0.2) is 29.2 Å². The molecule has 0 bridgehead atoms. The maximum Gasteiger partial charge on any atom is 0.416 e. The smallest absolute Gasteiger partial charge is 0.335 e. The minimum Gasteiger partial charge on any atom is -0.335 e. The average Bonchev–Trinajstić information content (AvgIpc) is 2.68. The molecule has 0 atom stereocenters. The lowest BCUT2D eigenvalue weighted by molar-refractivity contribution is -0.137. The number of hydrogen-bond acceptors (Lipinski definition) is 3. The van der Waals surface area contributed by atoms with Crippen LogP contribution in [-0.2, 0) is 16.2 Å². The molecule has 10 heteroatoms. The number of urea groups is 1. The largest absolute Gasteiger partial charge is 0.416 e. The lowest BCUT2D eigenvalue weighted by Gasteiger charge is -2.35. The Morgan fingerprint density at radius 2 is 1.54 bits per heavy atom. The van der Waals surface area contributed by atoms with E-state index in [-0.39, 0.29) is 43.1 Å². The fourth-order valence-corrected chi connectivity index (χ4v) is 5.03. The Morgan fingerprint density at radius 3 is 2.07 bits per heavy atom. The third-order valence-corrected chi connectivity index (χ3v) is 7.19. The van der Waals surface area contributed by atoms with Crippen LogP contribution in [0.5, 0.6) is 0 Å². The van der Waals surface area contributed by atoms with Gasteiger partial charge >= 0.3 is 12.2 Å². The molecule has 0 radical (unpaired) electrons. The van der Waals surface area contributed by atoms with E-state index in [2.05, 4.69) is 5.32 Å². The number of carbonyl (C=O) groups is 1. The molecule has 156 valence electrons. The molecule has 1 aliphatic carbocycles. The van der Waals surface area contributed by atoms with Crippen molar-refractivity contribution in [2.24, 2.45) is 0 Å². The maximum atomic E-state index is 12.7. The van der Waals surface area contributed by atoms with E-state index in [0.717, 1.165) is 49.9 Å². The van der Waals surface area contributed by atoms with E-state index in [4.69, 9.17) is 0 Å². The number of benzene rings is 1. The Bertz CT molecular complexity index is 783. The van der Waals surface area contributed by atoms with Crippen molar-refractivity contribution in [3.63, 3.8) is 0 Å². The van der Waals surface area contributed by atoms with E-state index in [9.17, 15) is 26.4 Å². The number of alkyl halides is 3. The zero-order chi connectivity index (χ0) is 20.4. The highest BCUT2D eigenvalue weighted by molar-refractivity contribution is 7.89. The second-order valence-electron chi connectivity index (χ2n) is 7.20. The minimum atomic E-state index is -4.51. The van der Waals surface area contributed by atoms with Crippen molar-refractivity contribution in [2.75, 3.05) is 26.2 Å². The van der Waals surface area contributed by atoms with Crippen molar-refractivity contribution in [2.45, 2.75) is 49.2 Å². The van der Waals surface area contributed by atoms with Gasteiger partial charge in [0.1, 0.15) is 0 Å².